The van der Waals surface area contributed by atoms with Gasteiger partial charge in [-0.3, -0.25) is 4.79 Å². The number of aliphatic imine (C=N–C) groups is 1. The van der Waals surface area contributed by atoms with E-state index in [2.05, 4.69) is 45.2 Å². The molecule has 0 radical (unpaired) electrons. The third kappa shape index (κ3) is 6.19. The summed E-state index contributed by atoms with van der Waals surface area (Å²) >= 11 is 0. The standard InChI is InChI=1S/C21H25FN4O.HI/c1-2-23-20(24-14-19(27)26-18-10-6-9-17(22)13-18)25-15-21(11-12-21)16-7-4-3-5-8-16;/h3-10,13H,2,11-12,14-15H2,1H3,(H,26,27)(H2,23,24,25);1H. The van der Waals surface area contributed by atoms with Crippen molar-refractivity contribution >= 4 is 41.5 Å². The maximum Gasteiger partial charge on any atom is 0.246 e. The molecule has 2 aromatic carbocycles. The van der Waals surface area contributed by atoms with Gasteiger partial charge in [-0.15, -0.1) is 24.0 Å². The number of carbonyl (C=O) groups is 1. The van der Waals surface area contributed by atoms with Crippen molar-refractivity contribution in [3.63, 3.8) is 0 Å². The first kappa shape index (κ1) is 22.1. The first-order chi connectivity index (χ1) is 13.1. The van der Waals surface area contributed by atoms with Crippen LogP contribution in [-0.4, -0.2) is 31.5 Å². The molecule has 0 bridgehead atoms. The van der Waals surface area contributed by atoms with E-state index in [1.807, 2.05) is 13.0 Å². The van der Waals surface area contributed by atoms with Crippen molar-refractivity contribution in [3.8, 4) is 0 Å². The van der Waals surface area contributed by atoms with Crippen LogP contribution in [0.3, 0.4) is 0 Å². The van der Waals surface area contributed by atoms with Gasteiger partial charge in [0.2, 0.25) is 5.91 Å². The lowest BCUT2D eigenvalue weighted by Gasteiger charge is -2.19. The summed E-state index contributed by atoms with van der Waals surface area (Å²) in [5.41, 5.74) is 1.91. The Balaban J connectivity index is 0.00000280. The highest BCUT2D eigenvalue weighted by molar-refractivity contribution is 14.0. The van der Waals surface area contributed by atoms with E-state index < -0.39 is 0 Å². The van der Waals surface area contributed by atoms with Crippen molar-refractivity contribution in [2.45, 2.75) is 25.2 Å². The molecule has 0 atom stereocenters. The molecule has 1 saturated carbocycles. The van der Waals surface area contributed by atoms with Crippen LogP contribution >= 0.6 is 24.0 Å². The van der Waals surface area contributed by atoms with E-state index >= 15 is 0 Å². The molecular formula is C21H26FIN4O. The molecule has 0 unspecified atom stereocenters. The number of rotatable bonds is 7. The van der Waals surface area contributed by atoms with Crippen molar-refractivity contribution in [2.75, 3.05) is 25.0 Å². The average Bonchev–Trinajstić information content (AvgIpc) is 3.46. The Bertz CT molecular complexity index is 809. The molecule has 0 heterocycles. The fraction of sp³-hybridized carbons (Fsp3) is 0.333. The molecule has 1 aliphatic carbocycles. The molecule has 0 aliphatic heterocycles. The quantitative estimate of drug-likeness (QED) is 0.312. The smallest absolute Gasteiger partial charge is 0.246 e. The van der Waals surface area contributed by atoms with Gasteiger partial charge in [0.25, 0.3) is 0 Å². The maximum absolute atomic E-state index is 13.2. The number of amides is 1. The summed E-state index contributed by atoms with van der Waals surface area (Å²) in [6, 6.07) is 16.3. The zero-order chi connectivity index (χ0) is 19.1. The number of carbonyl (C=O) groups excluding carboxylic acids is 1. The number of anilines is 1. The topological polar surface area (TPSA) is 65.5 Å². The van der Waals surface area contributed by atoms with E-state index in [-0.39, 0.29) is 47.7 Å². The molecule has 3 rings (SSSR count). The minimum absolute atomic E-state index is 0. The van der Waals surface area contributed by atoms with E-state index in [1.54, 1.807) is 12.1 Å². The van der Waals surface area contributed by atoms with Crippen molar-refractivity contribution in [1.82, 2.24) is 10.6 Å². The first-order valence-electron chi connectivity index (χ1n) is 9.24. The molecule has 1 amide bonds. The van der Waals surface area contributed by atoms with Gasteiger partial charge in [0.1, 0.15) is 12.4 Å². The van der Waals surface area contributed by atoms with Crippen molar-refractivity contribution in [2.24, 2.45) is 4.99 Å². The summed E-state index contributed by atoms with van der Waals surface area (Å²) in [6.45, 7) is 3.42. The number of benzene rings is 2. The van der Waals surface area contributed by atoms with Crippen LogP contribution < -0.4 is 16.0 Å². The highest BCUT2D eigenvalue weighted by Crippen LogP contribution is 2.47. The molecule has 150 valence electrons. The van der Waals surface area contributed by atoms with Crippen LogP contribution in [-0.2, 0) is 10.2 Å². The zero-order valence-corrected chi connectivity index (χ0v) is 18.2. The Kier molecular flexibility index (Phi) is 8.22. The van der Waals surface area contributed by atoms with Crippen LogP contribution in [0.15, 0.2) is 59.6 Å². The molecule has 0 aromatic heterocycles. The van der Waals surface area contributed by atoms with E-state index in [4.69, 9.17) is 0 Å². The van der Waals surface area contributed by atoms with Gasteiger partial charge >= 0.3 is 0 Å². The van der Waals surface area contributed by atoms with Gasteiger partial charge in [0.15, 0.2) is 5.96 Å². The minimum atomic E-state index is -0.387. The van der Waals surface area contributed by atoms with Gasteiger partial charge < -0.3 is 16.0 Å². The second-order valence-electron chi connectivity index (χ2n) is 6.75. The summed E-state index contributed by atoms with van der Waals surface area (Å²) < 4.78 is 13.2. The van der Waals surface area contributed by atoms with Crippen LogP contribution in [0.2, 0.25) is 0 Å². The molecule has 0 spiro atoms. The monoisotopic (exact) mass is 496 g/mol. The van der Waals surface area contributed by atoms with E-state index in [0.717, 1.165) is 19.4 Å². The number of halogens is 2. The number of nitrogens with zero attached hydrogens (tertiary/aromatic N) is 1. The third-order valence-corrected chi connectivity index (χ3v) is 4.67. The van der Waals surface area contributed by atoms with Gasteiger partial charge in [-0.2, -0.15) is 0 Å². The summed E-state index contributed by atoms with van der Waals surface area (Å²) in [4.78, 5) is 16.4. The summed E-state index contributed by atoms with van der Waals surface area (Å²) in [7, 11) is 0. The lowest BCUT2D eigenvalue weighted by atomic mass is 9.96. The minimum Gasteiger partial charge on any atom is -0.357 e. The molecule has 0 saturated heterocycles. The lowest BCUT2D eigenvalue weighted by Crippen LogP contribution is -2.41. The second kappa shape index (κ2) is 10.4. The number of nitrogens with one attached hydrogen (secondary N) is 3. The Morgan fingerprint density at radius 3 is 2.50 bits per heavy atom. The molecule has 1 aliphatic rings. The molecule has 2 aromatic rings. The maximum atomic E-state index is 13.2. The highest BCUT2D eigenvalue weighted by atomic mass is 127. The van der Waals surface area contributed by atoms with Gasteiger partial charge in [0, 0.05) is 24.2 Å². The number of hydrogen-bond acceptors (Lipinski definition) is 2. The Labute approximate surface area is 182 Å². The fourth-order valence-electron chi connectivity index (χ4n) is 3.02. The van der Waals surface area contributed by atoms with E-state index in [1.165, 1.54) is 17.7 Å². The van der Waals surface area contributed by atoms with Gasteiger partial charge in [-0.1, -0.05) is 36.4 Å². The summed E-state index contributed by atoms with van der Waals surface area (Å²) in [6.07, 6.45) is 2.28. The molecule has 28 heavy (non-hydrogen) atoms. The highest BCUT2D eigenvalue weighted by Gasteiger charge is 2.43. The first-order valence-corrected chi connectivity index (χ1v) is 9.24. The van der Waals surface area contributed by atoms with Crippen LogP contribution in [0.25, 0.3) is 0 Å². The SMILES string of the molecule is CCNC(=NCC(=O)Nc1cccc(F)c1)NCC1(c2ccccc2)CC1.I. The lowest BCUT2D eigenvalue weighted by molar-refractivity contribution is -0.114. The Morgan fingerprint density at radius 2 is 1.86 bits per heavy atom. The van der Waals surface area contributed by atoms with Crippen molar-refractivity contribution in [3.05, 3.63) is 66.0 Å². The normalized spacial score (nSPS) is 14.6. The third-order valence-electron chi connectivity index (χ3n) is 4.67. The Morgan fingerprint density at radius 1 is 1.11 bits per heavy atom. The summed E-state index contributed by atoms with van der Waals surface area (Å²) in [5.74, 6) is -0.0713. The van der Waals surface area contributed by atoms with Crippen LogP contribution in [0.4, 0.5) is 10.1 Å². The summed E-state index contributed by atoms with van der Waals surface area (Å²) in [5, 5.41) is 9.16. The van der Waals surface area contributed by atoms with Crippen molar-refractivity contribution in [1.29, 1.82) is 0 Å². The van der Waals surface area contributed by atoms with Gasteiger partial charge in [0.05, 0.1) is 0 Å². The largest absolute Gasteiger partial charge is 0.357 e. The molecule has 3 N–H and O–H groups in total. The van der Waals surface area contributed by atoms with Crippen LogP contribution in [0.5, 0.6) is 0 Å². The molecule has 1 fully saturated rings. The molecule has 7 heteroatoms. The van der Waals surface area contributed by atoms with E-state index in [9.17, 15) is 9.18 Å². The van der Waals surface area contributed by atoms with Crippen LogP contribution in [0, 0.1) is 5.82 Å². The number of guanidine groups is 1. The van der Waals surface area contributed by atoms with Gasteiger partial charge in [-0.05, 0) is 43.5 Å². The van der Waals surface area contributed by atoms with Crippen LogP contribution in [0.1, 0.15) is 25.3 Å². The van der Waals surface area contributed by atoms with E-state index in [0.29, 0.717) is 18.2 Å². The van der Waals surface area contributed by atoms with Gasteiger partial charge in [-0.25, -0.2) is 9.38 Å². The average molecular weight is 496 g/mol. The Hall–Kier alpha value is -2.16. The second-order valence-corrected chi connectivity index (χ2v) is 6.75. The number of hydrogen-bond donors (Lipinski definition) is 3. The molecular weight excluding hydrogens is 470 g/mol. The van der Waals surface area contributed by atoms with Crippen molar-refractivity contribution < 1.29 is 9.18 Å². The predicted molar refractivity (Wildman–Crippen MR) is 122 cm³/mol. The fourth-order valence-corrected chi connectivity index (χ4v) is 3.02. The molecule has 5 nitrogen and oxygen atoms in total. The predicted octanol–water partition coefficient (Wildman–Crippen LogP) is 3.67. The zero-order valence-electron chi connectivity index (χ0n) is 15.9.